The maximum atomic E-state index is 13.0. The zero-order chi connectivity index (χ0) is 18.3. The lowest BCUT2D eigenvalue weighted by Gasteiger charge is -2.38. The van der Waals surface area contributed by atoms with Crippen molar-refractivity contribution >= 4 is 11.6 Å². The Morgan fingerprint density at radius 1 is 1.38 bits per heavy atom. The van der Waals surface area contributed by atoms with Gasteiger partial charge in [-0.05, 0) is 31.2 Å². The number of carbonyl (C=O) groups is 1. The first-order valence-electron chi connectivity index (χ1n) is 8.77. The lowest BCUT2D eigenvalue weighted by Crippen LogP contribution is -2.43. The molecule has 0 saturated heterocycles. The maximum Gasteiger partial charge on any atom is 0.258 e. The Bertz CT molecular complexity index is 878. The van der Waals surface area contributed by atoms with Crippen LogP contribution in [-0.4, -0.2) is 30.6 Å². The number of hydrogen-bond acceptors (Lipinski definition) is 4. The molecule has 0 aromatic heterocycles. The highest BCUT2D eigenvalue weighted by atomic mass is 16.5. The van der Waals surface area contributed by atoms with E-state index in [1.54, 1.807) is 18.1 Å². The Kier molecular flexibility index (Phi) is 4.07. The van der Waals surface area contributed by atoms with Crippen LogP contribution in [0, 0.1) is 0 Å². The lowest BCUT2D eigenvalue weighted by molar-refractivity contribution is 0.0705. The molecule has 4 rings (SSSR count). The molecule has 0 fully saturated rings. The molecule has 2 atom stereocenters. The van der Waals surface area contributed by atoms with Gasteiger partial charge in [0.15, 0.2) is 0 Å². The predicted octanol–water partition coefficient (Wildman–Crippen LogP) is 3.77. The number of carbonyl (C=O) groups excluding carboxylic acids is 1. The molecule has 0 radical (unpaired) electrons. The second kappa shape index (κ2) is 6.41. The maximum absolute atomic E-state index is 13.0. The molecular weight excluding hydrogens is 328 g/mol. The second-order valence-electron chi connectivity index (χ2n) is 6.67. The van der Waals surface area contributed by atoms with Crippen molar-refractivity contribution in [2.45, 2.75) is 25.6 Å². The number of amides is 1. The van der Waals surface area contributed by atoms with E-state index in [2.05, 4.69) is 18.8 Å². The molecule has 26 heavy (non-hydrogen) atoms. The van der Waals surface area contributed by atoms with E-state index in [4.69, 9.17) is 9.47 Å². The molecule has 2 aromatic rings. The summed E-state index contributed by atoms with van der Waals surface area (Å²) in [6.07, 6.45) is 2.40. The molecule has 0 spiro atoms. The Labute approximate surface area is 153 Å². The number of benzene rings is 2. The molecule has 1 amide bonds. The van der Waals surface area contributed by atoms with Crippen LogP contribution in [0.25, 0.3) is 0 Å². The minimum Gasteiger partial charge on any atom is -0.496 e. The van der Waals surface area contributed by atoms with Crippen LogP contribution in [0.2, 0.25) is 0 Å². The molecule has 2 aromatic carbocycles. The minimum absolute atomic E-state index is 0.0268. The van der Waals surface area contributed by atoms with Crippen molar-refractivity contribution in [1.29, 1.82) is 0 Å². The third-order valence-corrected chi connectivity index (χ3v) is 4.89. The summed E-state index contributed by atoms with van der Waals surface area (Å²) in [5.74, 6) is 1.58. The van der Waals surface area contributed by atoms with Gasteiger partial charge in [0.2, 0.25) is 0 Å². The molecule has 0 bridgehead atoms. The van der Waals surface area contributed by atoms with Gasteiger partial charge in [-0.3, -0.25) is 4.79 Å². The fourth-order valence-corrected chi connectivity index (χ4v) is 3.71. The van der Waals surface area contributed by atoms with Gasteiger partial charge in [0, 0.05) is 29.8 Å². The molecule has 2 heterocycles. The SMILES string of the molecule is C=CCN1C(=O)c2ccccc2N[C@@H]1c1cc2c(cc1OC)C[C@H](C)O2. The monoisotopic (exact) mass is 350 g/mol. The first kappa shape index (κ1) is 16.5. The van der Waals surface area contributed by atoms with Crippen LogP contribution >= 0.6 is 0 Å². The van der Waals surface area contributed by atoms with Gasteiger partial charge in [0.05, 0.1) is 12.7 Å². The van der Waals surface area contributed by atoms with E-state index in [0.29, 0.717) is 12.1 Å². The van der Waals surface area contributed by atoms with Crippen molar-refractivity contribution in [2.24, 2.45) is 0 Å². The standard InChI is InChI=1S/C21H22N2O3/c1-4-9-23-20(22-17-8-6-5-7-15(17)21(23)24)16-12-18-14(10-13(2)26-18)11-19(16)25-3/h4-8,11-13,20,22H,1,9-10H2,2-3H3/t13-,20-/m0/s1. The highest BCUT2D eigenvalue weighted by molar-refractivity contribution is 6.01. The average Bonchev–Trinajstić information content (AvgIpc) is 3.01. The summed E-state index contributed by atoms with van der Waals surface area (Å²) in [5, 5.41) is 3.48. The normalized spacial score (nSPS) is 20.7. The molecule has 5 nitrogen and oxygen atoms in total. The molecule has 0 unspecified atom stereocenters. The fourth-order valence-electron chi connectivity index (χ4n) is 3.71. The Morgan fingerprint density at radius 3 is 2.96 bits per heavy atom. The summed E-state index contributed by atoms with van der Waals surface area (Å²) in [6.45, 7) is 6.29. The number of nitrogens with one attached hydrogen (secondary N) is 1. The average molecular weight is 350 g/mol. The Hall–Kier alpha value is -2.95. The number of ether oxygens (including phenoxy) is 2. The number of hydrogen-bond donors (Lipinski definition) is 1. The summed E-state index contributed by atoms with van der Waals surface area (Å²) < 4.78 is 11.6. The van der Waals surface area contributed by atoms with E-state index >= 15 is 0 Å². The van der Waals surface area contributed by atoms with Crippen LogP contribution in [0.15, 0.2) is 49.1 Å². The number of nitrogens with zero attached hydrogens (tertiary/aromatic N) is 1. The Morgan fingerprint density at radius 2 is 2.19 bits per heavy atom. The molecule has 0 saturated carbocycles. The van der Waals surface area contributed by atoms with E-state index in [9.17, 15) is 4.79 Å². The number of anilines is 1. The quantitative estimate of drug-likeness (QED) is 0.853. The van der Waals surface area contributed by atoms with Gasteiger partial charge in [0.1, 0.15) is 23.8 Å². The van der Waals surface area contributed by atoms with Crippen LogP contribution in [0.4, 0.5) is 5.69 Å². The highest BCUT2D eigenvalue weighted by Gasteiger charge is 2.35. The van der Waals surface area contributed by atoms with Crippen molar-refractivity contribution in [3.63, 3.8) is 0 Å². The van der Waals surface area contributed by atoms with Crippen molar-refractivity contribution in [2.75, 3.05) is 19.0 Å². The van der Waals surface area contributed by atoms with Crippen LogP contribution in [0.3, 0.4) is 0 Å². The zero-order valence-corrected chi connectivity index (χ0v) is 15.0. The van der Waals surface area contributed by atoms with Gasteiger partial charge in [-0.2, -0.15) is 0 Å². The van der Waals surface area contributed by atoms with Crippen LogP contribution < -0.4 is 14.8 Å². The number of rotatable bonds is 4. The number of fused-ring (bicyclic) bond motifs is 2. The Balaban J connectivity index is 1.82. The highest BCUT2D eigenvalue weighted by Crippen LogP contribution is 2.41. The minimum atomic E-state index is -0.352. The molecule has 2 aliphatic rings. The summed E-state index contributed by atoms with van der Waals surface area (Å²) in [5.41, 5.74) is 3.50. The van der Waals surface area contributed by atoms with E-state index < -0.39 is 0 Å². The van der Waals surface area contributed by atoms with E-state index in [-0.39, 0.29) is 18.2 Å². The van der Waals surface area contributed by atoms with Gasteiger partial charge in [-0.25, -0.2) is 0 Å². The van der Waals surface area contributed by atoms with Gasteiger partial charge in [-0.1, -0.05) is 18.2 Å². The molecule has 2 aliphatic heterocycles. The molecule has 1 N–H and O–H groups in total. The van der Waals surface area contributed by atoms with Gasteiger partial charge in [0.25, 0.3) is 5.91 Å². The lowest BCUT2D eigenvalue weighted by atomic mass is 10.00. The largest absolute Gasteiger partial charge is 0.496 e. The van der Waals surface area contributed by atoms with Crippen molar-refractivity contribution in [3.8, 4) is 11.5 Å². The first-order valence-corrected chi connectivity index (χ1v) is 8.77. The van der Waals surface area contributed by atoms with Crippen LogP contribution in [-0.2, 0) is 6.42 Å². The first-order chi connectivity index (χ1) is 12.6. The molecule has 134 valence electrons. The molecule has 0 aliphatic carbocycles. The molecular formula is C21H22N2O3. The van der Waals surface area contributed by atoms with Crippen LogP contribution in [0.5, 0.6) is 11.5 Å². The zero-order valence-electron chi connectivity index (χ0n) is 15.0. The fraction of sp³-hybridized carbons (Fsp3) is 0.286. The van der Waals surface area contributed by atoms with Crippen molar-refractivity contribution < 1.29 is 14.3 Å². The number of methoxy groups -OCH3 is 1. The van der Waals surface area contributed by atoms with Gasteiger partial charge in [-0.15, -0.1) is 6.58 Å². The topological polar surface area (TPSA) is 50.8 Å². The van der Waals surface area contributed by atoms with Crippen molar-refractivity contribution in [3.05, 3.63) is 65.7 Å². The smallest absolute Gasteiger partial charge is 0.258 e. The van der Waals surface area contributed by atoms with Crippen LogP contribution in [0.1, 0.15) is 34.6 Å². The third-order valence-electron chi connectivity index (χ3n) is 4.89. The molecule has 5 heteroatoms. The van der Waals surface area contributed by atoms with Crippen molar-refractivity contribution in [1.82, 2.24) is 4.90 Å². The summed E-state index contributed by atoms with van der Waals surface area (Å²) in [6, 6.07) is 11.6. The second-order valence-corrected chi connectivity index (χ2v) is 6.67. The number of para-hydroxylation sites is 1. The summed E-state index contributed by atoms with van der Waals surface area (Å²) >= 11 is 0. The predicted molar refractivity (Wildman–Crippen MR) is 101 cm³/mol. The summed E-state index contributed by atoms with van der Waals surface area (Å²) in [4.78, 5) is 14.8. The van der Waals surface area contributed by atoms with Gasteiger partial charge >= 0.3 is 0 Å². The van der Waals surface area contributed by atoms with E-state index in [0.717, 1.165) is 34.7 Å². The summed E-state index contributed by atoms with van der Waals surface area (Å²) in [7, 11) is 1.65. The van der Waals surface area contributed by atoms with E-state index in [1.807, 2.05) is 36.4 Å². The van der Waals surface area contributed by atoms with E-state index in [1.165, 1.54) is 0 Å². The third kappa shape index (κ3) is 2.60. The van der Waals surface area contributed by atoms with Gasteiger partial charge < -0.3 is 19.7 Å².